The third-order valence-electron chi connectivity index (χ3n) is 8.96. The van der Waals surface area contributed by atoms with Crippen LogP contribution in [0.4, 0.5) is 4.39 Å². The Kier molecular flexibility index (Phi) is 7.99. The Balaban J connectivity index is 1.24. The van der Waals surface area contributed by atoms with Crippen LogP contribution in [0.5, 0.6) is 0 Å². The smallest absolute Gasteiger partial charge is 0.255 e. The van der Waals surface area contributed by atoms with Gasteiger partial charge in [0.25, 0.3) is 11.8 Å². The van der Waals surface area contributed by atoms with Gasteiger partial charge >= 0.3 is 0 Å². The molecule has 3 atom stereocenters. The molecule has 45 heavy (non-hydrogen) atoms. The molecule has 0 bridgehead atoms. The molecule has 7 nitrogen and oxygen atoms in total. The minimum absolute atomic E-state index is 0.0842. The predicted molar refractivity (Wildman–Crippen MR) is 170 cm³/mol. The topological polar surface area (TPSA) is 86.8 Å². The molecule has 8 heteroatoms. The summed E-state index contributed by atoms with van der Waals surface area (Å²) in [4.78, 5) is 57.9. The first-order valence-corrected chi connectivity index (χ1v) is 15.3. The third kappa shape index (κ3) is 5.97. The molecule has 0 saturated carbocycles. The summed E-state index contributed by atoms with van der Waals surface area (Å²) in [5.74, 6) is -1.67. The van der Waals surface area contributed by atoms with Crippen LogP contribution < -0.4 is 5.32 Å². The van der Waals surface area contributed by atoms with Crippen molar-refractivity contribution in [1.29, 1.82) is 0 Å². The van der Waals surface area contributed by atoms with Crippen molar-refractivity contribution in [2.24, 2.45) is 0 Å². The van der Waals surface area contributed by atoms with E-state index >= 15 is 0 Å². The van der Waals surface area contributed by atoms with E-state index < -0.39 is 35.8 Å². The number of rotatable bonds is 6. The number of hydrogen-bond acceptors (Lipinski definition) is 4. The largest absolute Gasteiger partial charge is 0.340 e. The van der Waals surface area contributed by atoms with Crippen LogP contribution in [0, 0.1) is 5.82 Å². The van der Waals surface area contributed by atoms with Crippen LogP contribution in [0.1, 0.15) is 59.0 Å². The van der Waals surface area contributed by atoms with E-state index in [1.165, 1.54) is 17.0 Å². The molecule has 4 aromatic carbocycles. The van der Waals surface area contributed by atoms with Crippen molar-refractivity contribution in [2.45, 2.75) is 57.2 Å². The number of likely N-dealkylation sites (tertiary alicyclic amines) is 2. The molecular weight excluding hydrogens is 569 g/mol. The number of fused-ring (bicyclic) bond motifs is 2. The molecule has 4 aromatic rings. The number of carbonyl (C=O) groups excluding carboxylic acids is 4. The number of amides is 3. The first kappa shape index (κ1) is 30.2. The Morgan fingerprint density at radius 2 is 1.58 bits per heavy atom. The molecule has 1 unspecified atom stereocenters. The predicted octanol–water partition coefficient (Wildman–Crippen LogP) is 5.31. The minimum atomic E-state index is -1.00. The van der Waals surface area contributed by atoms with Gasteiger partial charge in [0.05, 0.1) is 12.6 Å². The highest BCUT2D eigenvalue weighted by atomic mass is 19.1. The van der Waals surface area contributed by atoms with Gasteiger partial charge in [-0.15, -0.1) is 0 Å². The third-order valence-corrected chi connectivity index (χ3v) is 8.96. The lowest BCUT2D eigenvalue weighted by molar-refractivity contribution is -0.138. The Bertz CT molecular complexity index is 1770. The average molecular weight is 606 g/mol. The SMILES string of the molecule is CC(C)(C)c1ccc(C(=O)N[C@@H](Cc2ccc(F)cc2)C(=O)N2CCC3[C@H]2C(=O)CN3C(=O)c2cccc3ccccc23)cc1. The van der Waals surface area contributed by atoms with Gasteiger partial charge < -0.3 is 15.1 Å². The van der Waals surface area contributed by atoms with Gasteiger partial charge in [-0.05, 0) is 64.1 Å². The zero-order chi connectivity index (χ0) is 31.9. The highest BCUT2D eigenvalue weighted by molar-refractivity contribution is 6.10. The zero-order valence-electron chi connectivity index (χ0n) is 25.6. The lowest BCUT2D eigenvalue weighted by Gasteiger charge is -2.28. The molecule has 2 aliphatic rings. The molecule has 0 aliphatic carbocycles. The summed E-state index contributed by atoms with van der Waals surface area (Å²) in [5.41, 5.74) is 2.58. The van der Waals surface area contributed by atoms with Crippen LogP contribution in [-0.2, 0) is 21.4 Å². The first-order chi connectivity index (χ1) is 21.5. The maximum absolute atomic E-state index is 14.2. The number of hydrogen-bond donors (Lipinski definition) is 1. The number of nitrogens with one attached hydrogen (secondary N) is 1. The Labute approximate surface area is 262 Å². The molecule has 6 rings (SSSR count). The Morgan fingerprint density at radius 1 is 0.889 bits per heavy atom. The number of nitrogens with zero attached hydrogens (tertiary/aromatic N) is 2. The zero-order valence-corrected chi connectivity index (χ0v) is 25.6. The van der Waals surface area contributed by atoms with Gasteiger partial charge in [0, 0.05) is 24.1 Å². The van der Waals surface area contributed by atoms with E-state index in [1.54, 1.807) is 35.2 Å². The fourth-order valence-corrected chi connectivity index (χ4v) is 6.53. The fourth-order valence-electron chi connectivity index (χ4n) is 6.53. The molecule has 2 aliphatic heterocycles. The summed E-state index contributed by atoms with van der Waals surface area (Å²) in [5, 5.41) is 4.63. The Morgan fingerprint density at radius 3 is 2.29 bits per heavy atom. The Hall–Kier alpha value is -4.85. The molecule has 0 spiro atoms. The van der Waals surface area contributed by atoms with E-state index in [2.05, 4.69) is 26.1 Å². The van der Waals surface area contributed by atoms with E-state index in [4.69, 9.17) is 0 Å². The normalized spacial score (nSPS) is 18.6. The first-order valence-electron chi connectivity index (χ1n) is 15.3. The molecule has 3 amide bonds. The van der Waals surface area contributed by atoms with Crippen LogP contribution in [0.2, 0.25) is 0 Å². The van der Waals surface area contributed by atoms with Crippen LogP contribution in [0.25, 0.3) is 10.8 Å². The van der Waals surface area contributed by atoms with Crippen LogP contribution >= 0.6 is 0 Å². The van der Waals surface area contributed by atoms with Gasteiger partial charge in [-0.3, -0.25) is 19.2 Å². The number of benzene rings is 4. The van der Waals surface area contributed by atoms with Crippen molar-refractivity contribution < 1.29 is 23.6 Å². The van der Waals surface area contributed by atoms with E-state index in [9.17, 15) is 23.6 Å². The van der Waals surface area contributed by atoms with E-state index in [-0.39, 0.29) is 36.6 Å². The number of halogens is 1. The molecule has 0 aromatic heterocycles. The second-order valence-electron chi connectivity index (χ2n) is 12.9. The van der Waals surface area contributed by atoms with Crippen LogP contribution in [-0.4, -0.2) is 64.5 Å². The molecular formula is C37H36FN3O4. The van der Waals surface area contributed by atoms with Crippen molar-refractivity contribution in [1.82, 2.24) is 15.1 Å². The summed E-state index contributed by atoms with van der Waals surface area (Å²) >= 11 is 0. The summed E-state index contributed by atoms with van der Waals surface area (Å²) in [7, 11) is 0. The quantitative estimate of drug-likeness (QED) is 0.323. The summed E-state index contributed by atoms with van der Waals surface area (Å²) in [6.45, 7) is 6.45. The molecule has 2 saturated heterocycles. The fraction of sp³-hybridized carbons (Fsp3) is 0.297. The summed E-state index contributed by atoms with van der Waals surface area (Å²) in [6.07, 6.45) is 0.565. The minimum Gasteiger partial charge on any atom is -0.340 e. The standard InChI is InChI=1S/C37H36FN3O4/c1-37(2,3)26-15-13-25(14-16-26)34(43)39-30(21-23-11-17-27(38)18-12-23)36(45)40-20-19-31-33(40)32(42)22-41(31)35(44)29-10-6-8-24-7-4-5-9-28(24)29/h4-18,30-31,33H,19-22H2,1-3H3,(H,39,43)/t30-,31?,33-/m0/s1. The highest BCUT2D eigenvalue weighted by Crippen LogP contribution is 2.33. The van der Waals surface area contributed by atoms with Crippen molar-refractivity contribution in [3.63, 3.8) is 0 Å². The lowest BCUT2D eigenvalue weighted by atomic mass is 9.86. The number of carbonyl (C=O) groups is 4. The summed E-state index contributed by atoms with van der Waals surface area (Å²) < 4.78 is 13.7. The van der Waals surface area contributed by atoms with Gasteiger partial charge in [-0.25, -0.2) is 4.39 Å². The molecule has 2 heterocycles. The van der Waals surface area contributed by atoms with Gasteiger partial charge in [-0.1, -0.05) is 81.4 Å². The van der Waals surface area contributed by atoms with Gasteiger partial charge in [-0.2, -0.15) is 0 Å². The van der Waals surface area contributed by atoms with E-state index in [1.807, 2.05) is 48.5 Å². The monoisotopic (exact) mass is 605 g/mol. The molecule has 0 radical (unpaired) electrons. The maximum Gasteiger partial charge on any atom is 0.255 e. The second-order valence-corrected chi connectivity index (χ2v) is 12.9. The van der Waals surface area contributed by atoms with Gasteiger partial charge in [0.15, 0.2) is 5.78 Å². The van der Waals surface area contributed by atoms with Crippen LogP contribution in [0.15, 0.2) is 91.0 Å². The molecule has 1 N–H and O–H groups in total. The second kappa shape index (κ2) is 11.9. The van der Waals surface area contributed by atoms with Crippen molar-refractivity contribution in [3.05, 3.63) is 119 Å². The molecule has 2 fully saturated rings. The lowest BCUT2D eigenvalue weighted by Crippen LogP contribution is -2.53. The summed E-state index contributed by atoms with van der Waals surface area (Å²) in [6, 6.07) is 23.9. The van der Waals surface area contributed by atoms with Gasteiger partial charge in [0.2, 0.25) is 5.91 Å². The van der Waals surface area contributed by atoms with Crippen molar-refractivity contribution in [2.75, 3.05) is 13.1 Å². The number of ketones is 1. The highest BCUT2D eigenvalue weighted by Gasteiger charge is 2.52. The van der Waals surface area contributed by atoms with Crippen molar-refractivity contribution in [3.8, 4) is 0 Å². The molecule has 230 valence electrons. The van der Waals surface area contributed by atoms with E-state index in [0.717, 1.165) is 16.3 Å². The van der Waals surface area contributed by atoms with Crippen LogP contribution in [0.3, 0.4) is 0 Å². The van der Waals surface area contributed by atoms with Crippen molar-refractivity contribution >= 4 is 34.3 Å². The maximum atomic E-state index is 14.2. The average Bonchev–Trinajstić information content (AvgIpc) is 3.61. The van der Waals surface area contributed by atoms with E-state index in [0.29, 0.717) is 23.1 Å². The number of Topliss-reactive ketones (excluding diaryl/α,β-unsaturated/α-hetero) is 1. The van der Waals surface area contributed by atoms with Gasteiger partial charge in [0.1, 0.15) is 17.9 Å².